The normalized spacial score (nSPS) is 10.1. The highest BCUT2D eigenvalue weighted by Gasteiger charge is 2.09. The zero-order chi connectivity index (χ0) is 10.8. The van der Waals surface area contributed by atoms with Crippen LogP contribution in [0.2, 0.25) is 0 Å². The van der Waals surface area contributed by atoms with E-state index in [-0.39, 0.29) is 5.75 Å². The van der Waals surface area contributed by atoms with Gasteiger partial charge in [0.25, 0.3) is 0 Å². The van der Waals surface area contributed by atoms with Crippen LogP contribution in [0.25, 0.3) is 16.6 Å². The molecule has 2 rings (SSSR count). The molecule has 1 aromatic heterocycles. The van der Waals surface area contributed by atoms with Gasteiger partial charge in [0.1, 0.15) is 5.75 Å². The molecule has 4 heteroatoms. The number of aromatic nitrogens is 1. The van der Waals surface area contributed by atoms with Gasteiger partial charge in [-0.25, -0.2) is 0 Å². The number of carbonyl (C=O) groups excluding carboxylic acids is 1. The van der Waals surface area contributed by atoms with E-state index in [1.165, 1.54) is 0 Å². The number of rotatable bonds is 3. The molecule has 1 aromatic carbocycles. The smallest absolute Gasteiger partial charge is 0.211 e. The molecule has 0 aliphatic heterocycles. The van der Waals surface area contributed by atoms with Crippen LogP contribution in [0.1, 0.15) is 5.56 Å². The number of aromatic hydroxyl groups is 1. The molecular weight excluding hydrogens is 192 g/mol. The number of phenols is 1. The van der Waals surface area contributed by atoms with Crippen molar-refractivity contribution in [3.05, 3.63) is 36.5 Å². The third-order valence-electron chi connectivity index (χ3n) is 2.26. The first-order valence-corrected chi connectivity index (χ1v) is 4.42. The molecule has 1 amide bonds. The molecule has 2 aromatic rings. The second-order valence-corrected chi connectivity index (χ2v) is 3.14. The Bertz CT molecular complexity index is 528. The molecule has 0 atom stereocenters. The number of amides is 1. The Balaban J connectivity index is 2.56. The second-order valence-electron chi connectivity index (χ2n) is 3.14. The van der Waals surface area contributed by atoms with Crippen molar-refractivity contribution in [2.24, 2.45) is 0 Å². The largest absolute Gasteiger partial charge is 0.505 e. The van der Waals surface area contributed by atoms with Gasteiger partial charge in [-0.2, -0.15) is 0 Å². The number of benzene rings is 1. The first-order valence-electron chi connectivity index (χ1n) is 4.42. The highest BCUT2D eigenvalue weighted by Crippen LogP contribution is 2.30. The third kappa shape index (κ3) is 1.46. The Morgan fingerprint density at radius 3 is 3.00 bits per heavy atom. The fourth-order valence-corrected chi connectivity index (χ4v) is 1.50. The van der Waals surface area contributed by atoms with Gasteiger partial charge in [0.05, 0.1) is 5.52 Å². The van der Waals surface area contributed by atoms with Crippen LogP contribution in [0.15, 0.2) is 31.0 Å². The summed E-state index contributed by atoms with van der Waals surface area (Å²) in [7, 11) is 0. The van der Waals surface area contributed by atoms with Crippen LogP contribution in [-0.2, 0) is 4.79 Å². The van der Waals surface area contributed by atoms with Crippen LogP contribution >= 0.6 is 0 Å². The van der Waals surface area contributed by atoms with Crippen LogP contribution in [0, 0.1) is 0 Å². The van der Waals surface area contributed by atoms with Gasteiger partial charge in [0.2, 0.25) is 6.41 Å². The average molecular weight is 202 g/mol. The van der Waals surface area contributed by atoms with Gasteiger partial charge in [-0.3, -0.25) is 4.79 Å². The minimum absolute atomic E-state index is 0.0943. The summed E-state index contributed by atoms with van der Waals surface area (Å²) < 4.78 is 0. The molecule has 0 saturated heterocycles. The number of H-pyrrole nitrogens is 1. The van der Waals surface area contributed by atoms with Crippen LogP contribution in [-0.4, -0.2) is 16.5 Å². The summed E-state index contributed by atoms with van der Waals surface area (Å²) in [6, 6.07) is 5.41. The maximum absolute atomic E-state index is 10.3. The monoisotopic (exact) mass is 202 g/mol. The number of carbonyl (C=O) groups is 1. The van der Waals surface area contributed by atoms with E-state index >= 15 is 0 Å². The van der Waals surface area contributed by atoms with E-state index in [1.54, 1.807) is 12.3 Å². The second kappa shape index (κ2) is 3.49. The highest BCUT2D eigenvalue weighted by molar-refractivity contribution is 5.91. The molecule has 0 fully saturated rings. The van der Waals surface area contributed by atoms with E-state index < -0.39 is 0 Å². The van der Waals surface area contributed by atoms with Gasteiger partial charge in [-0.05, 0) is 12.1 Å². The van der Waals surface area contributed by atoms with Crippen LogP contribution in [0.3, 0.4) is 0 Å². The molecule has 15 heavy (non-hydrogen) atoms. The Hall–Kier alpha value is -2.23. The lowest BCUT2D eigenvalue weighted by molar-refractivity contribution is -0.108. The quantitative estimate of drug-likeness (QED) is 0.662. The molecule has 3 N–H and O–H groups in total. The maximum Gasteiger partial charge on any atom is 0.211 e. The fraction of sp³-hybridized carbons (Fsp3) is 0. The molecule has 76 valence electrons. The van der Waals surface area contributed by atoms with Crippen molar-refractivity contribution in [2.45, 2.75) is 0 Å². The lowest BCUT2D eigenvalue weighted by atomic mass is 10.1. The predicted octanol–water partition coefficient (Wildman–Crippen LogP) is 1.59. The molecule has 0 aliphatic carbocycles. The fourth-order valence-electron chi connectivity index (χ4n) is 1.50. The van der Waals surface area contributed by atoms with E-state index in [2.05, 4.69) is 16.9 Å². The molecule has 0 unspecified atom stereocenters. The van der Waals surface area contributed by atoms with E-state index in [4.69, 9.17) is 0 Å². The minimum Gasteiger partial charge on any atom is -0.505 e. The number of hydrogen-bond donors (Lipinski definition) is 3. The van der Waals surface area contributed by atoms with E-state index in [1.807, 2.05) is 12.1 Å². The van der Waals surface area contributed by atoms with Gasteiger partial charge >= 0.3 is 0 Å². The zero-order valence-electron chi connectivity index (χ0n) is 7.95. The molecular formula is C11H10N2O2. The summed E-state index contributed by atoms with van der Waals surface area (Å²) in [6.07, 6.45) is 2.27. The number of phenolic OH excluding ortho intramolecular Hbond substituents is 1. The lowest BCUT2D eigenvalue weighted by Crippen LogP contribution is -2.07. The van der Waals surface area contributed by atoms with Gasteiger partial charge in [0, 0.05) is 22.8 Å². The van der Waals surface area contributed by atoms with Crippen molar-refractivity contribution in [1.29, 1.82) is 0 Å². The number of nitrogens with one attached hydrogen (secondary N) is 2. The van der Waals surface area contributed by atoms with Crippen molar-refractivity contribution >= 4 is 23.0 Å². The standard InChI is InChI=1S/C11H10N2O2/c1-7(13-6-14)9-3-2-8-4-5-12-10(8)11(9)15/h2-6,12,15H,1H2,(H,13,14). The SMILES string of the molecule is C=C(NC=O)c1ccc2cc[nH]c2c1O. The number of hydrogen-bond acceptors (Lipinski definition) is 2. The van der Waals surface area contributed by atoms with E-state index in [9.17, 15) is 9.90 Å². The van der Waals surface area contributed by atoms with Crippen LogP contribution in [0.5, 0.6) is 5.75 Å². The number of fused-ring (bicyclic) bond motifs is 1. The Kier molecular flexibility index (Phi) is 2.17. The minimum atomic E-state index is 0.0943. The van der Waals surface area contributed by atoms with Crippen molar-refractivity contribution in [3.63, 3.8) is 0 Å². The van der Waals surface area contributed by atoms with Crippen LogP contribution in [0.4, 0.5) is 0 Å². The maximum atomic E-state index is 10.3. The summed E-state index contributed by atoms with van der Waals surface area (Å²) in [5.74, 6) is 0.0943. The van der Waals surface area contributed by atoms with Gasteiger partial charge in [-0.1, -0.05) is 12.6 Å². The molecule has 0 radical (unpaired) electrons. The van der Waals surface area contributed by atoms with Crippen molar-refractivity contribution in [2.75, 3.05) is 0 Å². The summed E-state index contributed by atoms with van der Waals surface area (Å²) in [6.45, 7) is 3.65. The predicted molar refractivity (Wildman–Crippen MR) is 58.2 cm³/mol. The first-order chi connectivity index (χ1) is 7.24. The lowest BCUT2D eigenvalue weighted by Gasteiger charge is -2.07. The van der Waals surface area contributed by atoms with Crippen molar-refractivity contribution < 1.29 is 9.90 Å². The summed E-state index contributed by atoms with van der Waals surface area (Å²) >= 11 is 0. The Morgan fingerprint density at radius 2 is 2.27 bits per heavy atom. The van der Waals surface area contributed by atoms with Gasteiger partial charge in [0.15, 0.2) is 0 Å². The van der Waals surface area contributed by atoms with E-state index in [0.717, 1.165) is 5.39 Å². The Morgan fingerprint density at radius 1 is 1.47 bits per heavy atom. The number of aromatic amines is 1. The molecule has 0 spiro atoms. The van der Waals surface area contributed by atoms with Gasteiger partial charge in [-0.15, -0.1) is 0 Å². The zero-order valence-corrected chi connectivity index (χ0v) is 7.95. The average Bonchev–Trinajstić information content (AvgIpc) is 2.67. The van der Waals surface area contributed by atoms with Crippen LogP contribution < -0.4 is 5.32 Å². The molecule has 0 aliphatic rings. The van der Waals surface area contributed by atoms with Crippen molar-refractivity contribution in [1.82, 2.24) is 10.3 Å². The van der Waals surface area contributed by atoms with Gasteiger partial charge < -0.3 is 15.4 Å². The Labute approximate surface area is 86.2 Å². The molecule has 0 bridgehead atoms. The summed E-state index contributed by atoms with van der Waals surface area (Å²) in [5, 5.41) is 13.2. The van der Waals surface area contributed by atoms with E-state index in [0.29, 0.717) is 23.2 Å². The summed E-state index contributed by atoms with van der Waals surface area (Å²) in [5.41, 5.74) is 1.53. The first kappa shape index (κ1) is 9.33. The molecule has 0 saturated carbocycles. The topological polar surface area (TPSA) is 65.1 Å². The summed E-state index contributed by atoms with van der Waals surface area (Å²) in [4.78, 5) is 13.2. The molecule has 1 heterocycles. The molecule has 4 nitrogen and oxygen atoms in total. The van der Waals surface area contributed by atoms with Crippen molar-refractivity contribution in [3.8, 4) is 5.75 Å². The third-order valence-corrected chi connectivity index (χ3v) is 2.26. The highest BCUT2D eigenvalue weighted by atomic mass is 16.3.